The van der Waals surface area contributed by atoms with E-state index in [1.165, 1.54) is 0 Å². The van der Waals surface area contributed by atoms with E-state index in [4.69, 9.17) is 4.74 Å². The number of fused-ring (bicyclic) bond motifs is 1. The van der Waals surface area contributed by atoms with Gasteiger partial charge in [0.1, 0.15) is 6.04 Å². The number of nitrogens with zero attached hydrogens (tertiary/aromatic N) is 2. The van der Waals surface area contributed by atoms with Crippen LogP contribution < -0.4 is 5.32 Å². The second-order valence-corrected chi connectivity index (χ2v) is 7.41. The van der Waals surface area contributed by atoms with Crippen LogP contribution in [-0.2, 0) is 9.53 Å². The molecule has 0 bridgehead atoms. The van der Waals surface area contributed by atoms with Crippen LogP contribution in [-0.4, -0.2) is 72.5 Å². The molecule has 0 aliphatic carbocycles. The van der Waals surface area contributed by atoms with Crippen molar-refractivity contribution >= 4 is 17.7 Å². The van der Waals surface area contributed by atoms with Gasteiger partial charge in [-0.1, -0.05) is 26.0 Å². The van der Waals surface area contributed by atoms with E-state index in [9.17, 15) is 14.4 Å². The van der Waals surface area contributed by atoms with Crippen molar-refractivity contribution in [3.8, 4) is 0 Å². The van der Waals surface area contributed by atoms with Gasteiger partial charge in [0.2, 0.25) is 5.91 Å². The van der Waals surface area contributed by atoms with Crippen LogP contribution in [0.1, 0.15) is 41.5 Å². The van der Waals surface area contributed by atoms with Crippen molar-refractivity contribution in [3.63, 3.8) is 0 Å². The molecule has 2 atom stereocenters. The summed E-state index contributed by atoms with van der Waals surface area (Å²) < 4.78 is 5.40. The van der Waals surface area contributed by atoms with Crippen LogP contribution >= 0.6 is 0 Å². The molecule has 146 valence electrons. The average Bonchev–Trinajstić information content (AvgIpc) is 2.93. The van der Waals surface area contributed by atoms with E-state index in [2.05, 4.69) is 24.1 Å². The summed E-state index contributed by atoms with van der Waals surface area (Å²) in [6, 6.07) is 6.00. The third-order valence-electron chi connectivity index (χ3n) is 5.36. The molecule has 2 aliphatic heterocycles. The maximum Gasteiger partial charge on any atom is 0.262 e. The molecule has 7 nitrogen and oxygen atoms in total. The van der Waals surface area contributed by atoms with Crippen LogP contribution in [0.2, 0.25) is 0 Å². The predicted octanol–water partition coefficient (Wildman–Crippen LogP) is 1.14. The van der Waals surface area contributed by atoms with Gasteiger partial charge in [0, 0.05) is 25.7 Å². The third-order valence-corrected chi connectivity index (χ3v) is 5.36. The van der Waals surface area contributed by atoms with Gasteiger partial charge in [-0.15, -0.1) is 0 Å². The highest BCUT2D eigenvalue weighted by atomic mass is 16.5. The van der Waals surface area contributed by atoms with Crippen LogP contribution in [0.15, 0.2) is 24.3 Å². The molecule has 1 saturated heterocycles. The van der Waals surface area contributed by atoms with Crippen LogP contribution in [0.25, 0.3) is 0 Å². The van der Waals surface area contributed by atoms with E-state index in [1.54, 1.807) is 31.2 Å². The number of amides is 3. The van der Waals surface area contributed by atoms with Crippen molar-refractivity contribution < 1.29 is 19.1 Å². The predicted molar refractivity (Wildman–Crippen MR) is 100 cm³/mol. The molecular weight excluding hydrogens is 346 g/mol. The first-order chi connectivity index (χ1) is 12.9. The number of rotatable bonds is 6. The third kappa shape index (κ3) is 3.89. The van der Waals surface area contributed by atoms with Gasteiger partial charge >= 0.3 is 0 Å². The van der Waals surface area contributed by atoms with Gasteiger partial charge in [0.15, 0.2) is 0 Å². The Hall–Kier alpha value is -2.25. The number of carbonyl (C=O) groups is 3. The lowest BCUT2D eigenvalue weighted by atomic mass is 10.0. The van der Waals surface area contributed by atoms with Gasteiger partial charge in [-0.25, -0.2) is 0 Å². The summed E-state index contributed by atoms with van der Waals surface area (Å²) in [6.07, 6.45) is 0. The van der Waals surface area contributed by atoms with Gasteiger partial charge in [0.25, 0.3) is 11.8 Å². The fourth-order valence-corrected chi connectivity index (χ4v) is 3.73. The van der Waals surface area contributed by atoms with Crippen LogP contribution in [0.4, 0.5) is 0 Å². The monoisotopic (exact) mass is 373 g/mol. The Kier molecular flexibility index (Phi) is 5.92. The number of benzene rings is 1. The molecule has 3 rings (SSSR count). The lowest BCUT2D eigenvalue weighted by Gasteiger charge is -2.37. The highest BCUT2D eigenvalue weighted by Gasteiger charge is 2.40. The maximum absolute atomic E-state index is 12.7. The van der Waals surface area contributed by atoms with Crippen LogP contribution in [0.3, 0.4) is 0 Å². The minimum Gasteiger partial charge on any atom is -0.379 e. The Balaban J connectivity index is 1.64. The van der Waals surface area contributed by atoms with E-state index in [-0.39, 0.29) is 11.9 Å². The fourth-order valence-electron chi connectivity index (χ4n) is 3.73. The number of ether oxygens (including phenoxy) is 1. The summed E-state index contributed by atoms with van der Waals surface area (Å²) >= 11 is 0. The number of hydrogen-bond donors (Lipinski definition) is 1. The normalized spacial score (nSPS) is 19.9. The molecule has 0 saturated carbocycles. The molecule has 2 unspecified atom stereocenters. The lowest BCUT2D eigenvalue weighted by Crippen LogP contribution is -2.54. The van der Waals surface area contributed by atoms with Crippen molar-refractivity contribution in [1.82, 2.24) is 15.1 Å². The Morgan fingerprint density at radius 3 is 2.15 bits per heavy atom. The topological polar surface area (TPSA) is 79.0 Å². The highest BCUT2D eigenvalue weighted by Crippen LogP contribution is 2.24. The summed E-state index contributed by atoms with van der Waals surface area (Å²) in [5.41, 5.74) is 0.714. The number of carbonyl (C=O) groups excluding carboxylic acids is 3. The second kappa shape index (κ2) is 8.19. The molecular formula is C20H27N3O4. The van der Waals surface area contributed by atoms with Gasteiger partial charge in [-0.3, -0.25) is 24.2 Å². The maximum atomic E-state index is 12.7. The molecule has 1 aromatic rings. The molecule has 0 spiro atoms. The fraction of sp³-hybridized carbons (Fsp3) is 0.550. The molecule has 27 heavy (non-hydrogen) atoms. The van der Waals surface area contributed by atoms with Gasteiger partial charge in [-0.05, 0) is 25.0 Å². The highest BCUT2D eigenvalue weighted by molar-refractivity contribution is 6.22. The van der Waals surface area contributed by atoms with Gasteiger partial charge in [-0.2, -0.15) is 0 Å². The molecule has 0 aromatic heterocycles. The zero-order valence-corrected chi connectivity index (χ0v) is 16.1. The Morgan fingerprint density at radius 2 is 1.63 bits per heavy atom. The quantitative estimate of drug-likeness (QED) is 0.757. The first-order valence-electron chi connectivity index (χ1n) is 9.48. The number of hydrogen-bond acceptors (Lipinski definition) is 5. The number of imide groups is 1. The zero-order valence-electron chi connectivity index (χ0n) is 16.1. The van der Waals surface area contributed by atoms with Crippen LogP contribution in [0.5, 0.6) is 0 Å². The smallest absolute Gasteiger partial charge is 0.262 e. The first-order valence-corrected chi connectivity index (χ1v) is 9.48. The van der Waals surface area contributed by atoms with Gasteiger partial charge in [0.05, 0.1) is 24.3 Å². The number of morpholine rings is 1. The molecule has 7 heteroatoms. The molecule has 0 radical (unpaired) electrons. The largest absolute Gasteiger partial charge is 0.379 e. The zero-order chi connectivity index (χ0) is 19.6. The van der Waals surface area contributed by atoms with E-state index in [0.717, 1.165) is 18.0 Å². The Bertz CT molecular complexity index is 693. The van der Waals surface area contributed by atoms with Crippen molar-refractivity contribution in [1.29, 1.82) is 0 Å². The summed E-state index contributed by atoms with van der Waals surface area (Å²) in [7, 11) is 0. The lowest BCUT2D eigenvalue weighted by molar-refractivity contribution is -0.125. The second-order valence-electron chi connectivity index (χ2n) is 7.41. The first kappa shape index (κ1) is 19.5. The summed E-state index contributed by atoms with van der Waals surface area (Å²) in [5, 5.41) is 2.94. The summed E-state index contributed by atoms with van der Waals surface area (Å²) in [6.45, 7) is 9.39. The molecule has 3 amide bonds. The standard InChI is InChI=1S/C20H27N3O4/c1-13(2)17(22-8-10-27-11-9-22)12-21-18(24)14(3)23-19(25)15-6-4-5-7-16(15)20(23)26/h4-7,13-14,17H,8-12H2,1-3H3,(H,21,24). The number of nitrogens with one attached hydrogen (secondary N) is 1. The van der Waals surface area contributed by atoms with Crippen molar-refractivity contribution in [2.75, 3.05) is 32.8 Å². The summed E-state index contributed by atoms with van der Waals surface area (Å²) in [4.78, 5) is 41.2. The van der Waals surface area contributed by atoms with Gasteiger partial charge < -0.3 is 10.1 Å². The Labute approximate surface area is 159 Å². The minimum absolute atomic E-state index is 0.187. The SMILES string of the molecule is CC(C)C(CNC(=O)C(C)N1C(=O)c2ccccc2C1=O)N1CCOCC1. The van der Waals surface area contributed by atoms with Crippen molar-refractivity contribution in [2.24, 2.45) is 5.92 Å². The molecule has 1 N–H and O–H groups in total. The molecule has 2 heterocycles. The Morgan fingerprint density at radius 1 is 1.07 bits per heavy atom. The van der Waals surface area contributed by atoms with E-state index in [1.807, 2.05) is 0 Å². The minimum atomic E-state index is -0.852. The molecule has 2 aliphatic rings. The van der Waals surface area contributed by atoms with Crippen molar-refractivity contribution in [3.05, 3.63) is 35.4 Å². The van der Waals surface area contributed by atoms with Crippen molar-refractivity contribution in [2.45, 2.75) is 32.9 Å². The summed E-state index contributed by atoms with van der Waals surface area (Å²) in [5.74, 6) is -0.778. The molecule has 1 aromatic carbocycles. The van der Waals surface area contributed by atoms with Crippen LogP contribution in [0, 0.1) is 5.92 Å². The average molecular weight is 373 g/mol. The molecule has 1 fully saturated rings. The van der Waals surface area contributed by atoms with E-state index >= 15 is 0 Å². The van der Waals surface area contributed by atoms with E-state index < -0.39 is 17.9 Å². The van der Waals surface area contributed by atoms with E-state index in [0.29, 0.717) is 36.8 Å².